The molecule has 51 heavy (non-hydrogen) atoms. The molecule has 0 aliphatic carbocycles. The van der Waals surface area contributed by atoms with Crippen LogP contribution in [0.1, 0.15) is 50.2 Å². The number of nitrogens with one attached hydrogen (secondary N) is 1. The fourth-order valence-electron chi connectivity index (χ4n) is 6.71. The third-order valence-electron chi connectivity index (χ3n) is 9.61. The maximum Gasteiger partial charge on any atom is 0.348 e. The highest BCUT2D eigenvalue weighted by molar-refractivity contribution is 7.13. The number of aliphatic hydroxyl groups excluding tert-OH is 1. The minimum atomic E-state index is -1.52. The van der Waals surface area contributed by atoms with Crippen molar-refractivity contribution in [2.24, 2.45) is 5.92 Å². The number of pyridine rings is 1. The van der Waals surface area contributed by atoms with E-state index in [-0.39, 0.29) is 29.1 Å². The van der Waals surface area contributed by atoms with E-state index in [4.69, 9.17) is 42.1 Å². The number of fused-ring (bicyclic) bond motifs is 3. The maximum absolute atomic E-state index is 13.9. The van der Waals surface area contributed by atoms with Crippen LogP contribution in [0.5, 0.6) is 11.5 Å². The molecule has 4 aromatic rings. The fraction of sp³-hybridized carbons (Fsp3) is 0.378. The molecule has 3 atom stereocenters. The van der Waals surface area contributed by atoms with Gasteiger partial charge in [-0.25, -0.2) is 9.59 Å². The minimum absolute atomic E-state index is 0.0668. The number of thiophene rings is 1. The van der Waals surface area contributed by atoms with Gasteiger partial charge in [-0.3, -0.25) is 10.2 Å². The van der Waals surface area contributed by atoms with Crippen molar-refractivity contribution in [1.82, 2.24) is 10.2 Å². The van der Waals surface area contributed by atoms with Crippen LogP contribution in [-0.4, -0.2) is 68.5 Å². The van der Waals surface area contributed by atoms with Crippen LogP contribution < -0.4 is 19.5 Å². The summed E-state index contributed by atoms with van der Waals surface area (Å²) in [6.45, 7) is 2.34. The van der Waals surface area contributed by atoms with Gasteiger partial charge in [-0.15, -0.1) is 11.3 Å². The van der Waals surface area contributed by atoms with Gasteiger partial charge in [0.25, 0.3) is 0 Å². The van der Waals surface area contributed by atoms with Crippen LogP contribution in [0.3, 0.4) is 0 Å². The normalized spacial score (nSPS) is 19.9. The van der Waals surface area contributed by atoms with Crippen LogP contribution >= 0.6 is 34.5 Å². The summed E-state index contributed by atoms with van der Waals surface area (Å²) in [6.07, 6.45) is 3.29. The Balaban J connectivity index is 1.21. The molecule has 2 bridgehead atoms. The maximum atomic E-state index is 13.9. The molecule has 11 nitrogen and oxygen atoms in total. The van der Waals surface area contributed by atoms with Gasteiger partial charge in [-0.2, -0.15) is 4.73 Å². The molecule has 0 spiro atoms. The van der Waals surface area contributed by atoms with Crippen LogP contribution in [-0.2, 0) is 32.8 Å². The fourth-order valence-corrected chi connectivity index (χ4v) is 8.14. The monoisotopic (exact) mass is 755 g/mol. The first-order valence-corrected chi connectivity index (χ1v) is 18.1. The first-order chi connectivity index (χ1) is 24.6. The van der Waals surface area contributed by atoms with E-state index < -0.39 is 30.2 Å². The molecule has 2 aromatic carbocycles. The lowest BCUT2D eigenvalue weighted by Gasteiger charge is -2.45. The van der Waals surface area contributed by atoms with Crippen LogP contribution in [0.4, 0.5) is 0 Å². The number of carbonyl (C=O) groups is 2. The number of benzene rings is 2. The summed E-state index contributed by atoms with van der Waals surface area (Å²) in [5.41, 5.74) is 0.0730. The van der Waals surface area contributed by atoms with E-state index in [1.165, 1.54) is 38.0 Å². The standard InChI is InChI=1S/C37H39Cl2N3O8S/c1-47-30-10-8-24(16-32(30)48-2)31(17-27-28(38)19-42(46)20-29(27)39)49-35(44)34-11-9-26(51-34)18-40-37(22-43,25-6-4-3-5-7-25)36(45)50-33-21-41-14-12-23(33)13-15-41/h3-11,16,19-20,23,31,33,40,43H,12-15,17-18,21-22H2,1-2H3/t31?,33-,37?/m0/s1. The molecular weight excluding hydrogens is 717 g/mol. The number of aliphatic hydroxyl groups is 1. The molecule has 3 fully saturated rings. The van der Waals surface area contributed by atoms with E-state index in [0.29, 0.717) is 50.3 Å². The predicted octanol–water partition coefficient (Wildman–Crippen LogP) is 5.46. The number of piperidine rings is 3. The van der Waals surface area contributed by atoms with Crippen LogP contribution in [0.15, 0.2) is 73.1 Å². The van der Waals surface area contributed by atoms with Gasteiger partial charge in [-0.1, -0.05) is 59.6 Å². The second-order valence-corrected chi connectivity index (χ2v) is 14.6. The van der Waals surface area contributed by atoms with Gasteiger partial charge in [0.1, 0.15) is 27.1 Å². The highest BCUT2D eigenvalue weighted by atomic mass is 35.5. The second kappa shape index (κ2) is 16.2. The average molecular weight is 757 g/mol. The zero-order chi connectivity index (χ0) is 36.1. The zero-order valence-corrected chi connectivity index (χ0v) is 30.5. The van der Waals surface area contributed by atoms with Crippen molar-refractivity contribution in [3.63, 3.8) is 0 Å². The van der Waals surface area contributed by atoms with Gasteiger partial charge >= 0.3 is 11.9 Å². The van der Waals surface area contributed by atoms with Crippen LogP contribution in [0, 0.1) is 11.1 Å². The lowest BCUT2D eigenvalue weighted by Crippen LogP contribution is -2.57. The lowest BCUT2D eigenvalue weighted by atomic mass is 9.85. The number of aromatic nitrogens is 1. The smallest absolute Gasteiger partial charge is 0.348 e. The molecule has 5 heterocycles. The molecule has 0 saturated carbocycles. The first-order valence-electron chi connectivity index (χ1n) is 16.6. The summed E-state index contributed by atoms with van der Waals surface area (Å²) in [4.78, 5) is 31.0. The van der Waals surface area contributed by atoms with Crippen molar-refractivity contribution in [3.05, 3.63) is 115 Å². The predicted molar refractivity (Wildman–Crippen MR) is 192 cm³/mol. The Hall–Kier alpha value is -3.91. The largest absolute Gasteiger partial charge is 0.619 e. The van der Waals surface area contributed by atoms with Gasteiger partial charge in [0.2, 0.25) is 0 Å². The van der Waals surface area contributed by atoms with Gasteiger partial charge in [0.05, 0.1) is 20.8 Å². The second-order valence-electron chi connectivity index (χ2n) is 12.6. The van der Waals surface area contributed by atoms with Gasteiger partial charge in [-0.05, 0) is 67.2 Å². The molecule has 270 valence electrons. The van der Waals surface area contributed by atoms with Crippen molar-refractivity contribution >= 4 is 46.5 Å². The Kier molecular flexibility index (Phi) is 11.7. The lowest BCUT2D eigenvalue weighted by molar-refractivity contribution is -0.605. The van der Waals surface area contributed by atoms with Gasteiger partial charge in [0, 0.05) is 30.0 Å². The molecule has 3 saturated heterocycles. The van der Waals surface area contributed by atoms with Gasteiger partial charge < -0.3 is 29.3 Å². The van der Waals surface area contributed by atoms with E-state index in [9.17, 15) is 19.9 Å². The first kappa shape index (κ1) is 36.9. The number of esters is 2. The van der Waals surface area contributed by atoms with Gasteiger partial charge in [0.15, 0.2) is 29.4 Å². The van der Waals surface area contributed by atoms with Crippen LogP contribution in [0.2, 0.25) is 10.0 Å². The van der Waals surface area contributed by atoms with Crippen molar-refractivity contribution in [1.29, 1.82) is 0 Å². The Morgan fingerprint density at radius 3 is 2.37 bits per heavy atom. The molecule has 3 aliphatic heterocycles. The summed E-state index contributed by atoms with van der Waals surface area (Å²) in [5.74, 6) is 0.0840. The summed E-state index contributed by atoms with van der Waals surface area (Å²) in [7, 11) is 3.02. The number of halogens is 2. The molecule has 3 aliphatic rings. The molecule has 0 amide bonds. The van der Waals surface area contributed by atoms with E-state index in [1.807, 2.05) is 18.2 Å². The van der Waals surface area contributed by atoms with E-state index in [1.54, 1.807) is 42.5 Å². The summed E-state index contributed by atoms with van der Waals surface area (Å²) in [5, 5.41) is 26.2. The highest BCUT2D eigenvalue weighted by Crippen LogP contribution is 2.37. The molecule has 2 aromatic heterocycles. The highest BCUT2D eigenvalue weighted by Gasteiger charge is 2.45. The Labute approximate surface area is 310 Å². The number of ether oxygens (including phenoxy) is 4. The third-order valence-corrected chi connectivity index (χ3v) is 11.3. The summed E-state index contributed by atoms with van der Waals surface area (Å²) < 4.78 is 23.6. The van der Waals surface area contributed by atoms with E-state index in [0.717, 1.165) is 30.8 Å². The topological polar surface area (TPSA) is 134 Å². The number of hydrogen-bond donors (Lipinski definition) is 2. The number of carbonyl (C=O) groups excluding carboxylic acids is 2. The number of nitrogens with zero attached hydrogens (tertiary/aromatic N) is 2. The molecule has 0 radical (unpaired) electrons. The number of hydrogen-bond acceptors (Lipinski definition) is 11. The van der Waals surface area contributed by atoms with E-state index >= 15 is 0 Å². The summed E-state index contributed by atoms with van der Waals surface area (Å²) in [6, 6.07) is 17.6. The molecule has 7 rings (SSSR count). The average Bonchev–Trinajstić information content (AvgIpc) is 3.63. The van der Waals surface area contributed by atoms with Crippen molar-refractivity contribution in [2.45, 2.75) is 43.6 Å². The molecular formula is C37H39Cl2N3O8S. The number of rotatable bonds is 14. The Bertz CT molecular complexity index is 1830. The third kappa shape index (κ3) is 8.11. The van der Waals surface area contributed by atoms with Crippen molar-refractivity contribution in [2.75, 3.05) is 40.5 Å². The van der Waals surface area contributed by atoms with E-state index in [2.05, 4.69) is 10.2 Å². The van der Waals surface area contributed by atoms with Crippen LogP contribution in [0.25, 0.3) is 0 Å². The van der Waals surface area contributed by atoms with Crippen molar-refractivity contribution in [3.8, 4) is 11.5 Å². The minimum Gasteiger partial charge on any atom is -0.619 e. The Morgan fingerprint density at radius 2 is 1.75 bits per heavy atom. The SMILES string of the molecule is COc1ccc(C(Cc2c(Cl)c[n+]([O-])cc2Cl)OC(=O)c2ccc(CNC(CO)(C(=O)O[C@H]3CN4CCC3CC4)c3ccccc3)s2)cc1OC. The summed E-state index contributed by atoms with van der Waals surface area (Å²) >= 11 is 14.0. The molecule has 2 unspecified atom stereocenters. The zero-order valence-electron chi connectivity index (χ0n) is 28.2. The number of methoxy groups -OCH3 is 2. The molecule has 14 heteroatoms. The Morgan fingerprint density at radius 1 is 1.04 bits per heavy atom. The molecule has 2 N–H and O–H groups in total. The van der Waals surface area contributed by atoms with Crippen molar-refractivity contribution < 1.29 is 38.4 Å². The quantitative estimate of drug-likeness (QED) is 0.0972.